The molecule has 0 radical (unpaired) electrons. The van der Waals surface area contributed by atoms with E-state index in [4.69, 9.17) is 34.1 Å². The summed E-state index contributed by atoms with van der Waals surface area (Å²) in [5.74, 6) is -1.68. The van der Waals surface area contributed by atoms with Crippen LogP contribution >= 0.6 is 0 Å². The molecule has 0 bridgehead atoms. The normalized spacial score (nSPS) is 17.0. The minimum Gasteiger partial charge on any atom is -0.278 e. The second kappa shape index (κ2) is 14.7. The van der Waals surface area contributed by atoms with Gasteiger partial charge in [-0.25, -0.2) is 0 Å². The van der Waals surface area contributed by atoms with Crippen LogP contribution in [0.1, 0.15) is 32.9 Å². The average Bonchev–Trinajstić information content (AvgIpc) is 1.54. The Bertz CT molecular complexity index is 4740. The van der Waals surface area contributed by atoms with Crippen LogP contribution in [0, 0.1) is 0 Å². The Morgan fingerprint density at radius 1 is 0.306 bits per heavy atom. The maximum atomic E-state index is 9.97. The third-order valence-electron chi connectivity index (χ3n) is 10.3. The van der Waals surface area contributed by atoms with Crippen molar-refractivity contribution in [3.8, 4) is 67.8 Å². The summed E-state index contributed by atoms with van der Waals surface area (Å²) < 4.78 is 219. The first-order valence-electron chi connectivity index (χ1n) is 31.0. The molecular formula is C57H37N5. The number of hydrogen-bond donors (Lipinski definition) is 0. The van der Waals surface area contributed by atoms with Crippen molar-refractivity contribution < 1.29 is 32.9 Å². The third-order valence-corrected chi connectivity index (χ3v) is 10.3. The molecule has 5 heteroatoms. The zero-order chi connectivity index (χ0) is 61.9. The Kier molecular flexibility index (Phi) is 4.48. The predicted molar refractivity (Wildman–Crippen MR) is 256 cm³/mol. The first kappa shape index (κ1) is 18.9. The lowest BCUT2D eigenvalue weighted by atomic mass is 9.94. The minimum absolute atomic E-state index is 0.169. The molecule has 3 aromatic heterocycles. The van der Waals surface area contributed by atoms with Gasteiger partial charge in [0.2, 0.25) is 11.9 Å². The maximum absolute atomic E-state index is 9.97. The molecule has 9 aromatic carbocycles. The molecule has 5 nitrogen and oxygen atoms in total. The first-order valence-corrected chi connectivity index (χ1v) is 19.0. The van der Waals surface area contributed by atoms with Gasteiger partial charge >= 0.3 is 0 Å². The summed E-state index contributed by atoms with van der Waals surface area (Å²) in [5, 5.41) is -1.82. The Hall–Kier alpha value is -8.41. The van der Waals surface area contributed by atoms with Crippen LogP contribution < -0.4 is 0 Å². The van der Waals surface area contributed by atoms with Crippen molar-refractivity contribution >= 4 is 43.6 Å². The van der Waals surface area contributed by atoms with Gasteiger partial charge in [0.05, 0.1) is 55.0 Å². The van der Waals surface area contributed by atoms with Gasteiger partial charge in [-0.05, 0) is 68.7 Å². The molecule has 0 saturated carbocycles. The van der Waals surface area contributed by atoms with E-state index in [-0.39, 0.29) is 11.4 Å². The molecule has 0 N–H and O–H groups in total. The predicted octanol–water partition coefficient (Wildman–Crippen LogP) is 14.4. The summed E-state index contributed by atoms with van der Waals surface area (Å²) in [5.41, 5.74) is -1.42. The van der Waals surface area contributed by atoms with Gasteiger partial charge in [-0.3, -0.25) is 9.13 Å². The fraction of sp³-hybridized carbons (Fsp3) is 0. The van der Waals surface area contributed by atoms with Gasteiger partial charge in [0.15, 0.2) is 5.82 Å². The summed E-state index contributed by atoms with van der Waals surface area (Å²) in [6.45, 7) is 0. The highest BCUT2D eigenvalue weighted by atomic mass is 15.3. The number of benzene rings is 9. The zero-order valence-electron chi connectivity index (χ0n) is 55.7. The lowest BCUT2D eigenvalue weighted by Crippen LogP contribution is -2.10. The Balaban J connectivity index is 1.28. The number of fused-ring (bicyclic) bond motifs is 6. The van der Waals surface area contributed by atoms with Gasteiger partial charge in [-0.15, -0.1) is 0 Å². The molecule has 0 spiro atoms. The summed E-state index contributed by atoms with van der Waals surface area (Å²) in [7, 11) is 0. The van der Waals surface area contributed by atoms with Gasteiger partial charge in [0.1, 0.15) is 0 Å². The molecule has 0 unspecified atom stereocenters. The average molecular weight is 816 g/mol. The van der Waals surface area contributed by atoms with Gasteiger partial charge in [-0.2, -0.15) is 15.0 Å². The summed E-state index contributed by atoms with van der Waals surface area (Å²) in [4.78, 5) is 14.6. The van der Waals surface area contributed by atoms with Gasteiger partial charge in [0, 0.05) is 27.1 Å². The van der Waals surface area contributed by atoms with Crippen LogP contribution in [0.4, 0.5) is 0 Å². The molecule has 290 valence electrons. The molecule has 62 heavy (non-hydrogen) atoms. The Morgan fingerprint density at radius 3 is 1.24 bits per heavy atom. The number of hydrogen-bond acceptors (Lipinski definition) is 3. The highest BCUT2D eigenvalue weighted by Crippen LogP contribution is 2.38. The number of para-hydroxylation sites is 2. The fourth-order valence-electron chi connectivity index (χ4n) is 7.51. The quantitative estimate of drug-likeness (QED) is 0.161. The van der Waals surface area contributed by atoms with Crippen LogP contribution in [-0.2, 0) is 0 Å². The van der Waals surface area contributed by atoms with Crippen LogP contribution in [0.5, 0.6) is 0 Å². The van der Waals surface area contributed by atoms with E-state index in [2.05, 4.69) is 0 Å². The molecule has 0 saturated heterocycles. The molecule has 3 heterocycles. The third kappa shape index (κ3) is 5.98. The van der Waals surface area contributed by atoms with E-state index in [0.717, 1.165) is 25.8 Å². The minimum atomic E-state index is -0.865. The summed E-state index contributed by atoms with van der Waals surface area (Å²) in [6, 6.07) is 3.85. The molecule has 0 fully saturated rings. The van der Waals surface area contributed by atoms with Crippen molar-refractivity contribution in [2.24, 2.45) is 0 Å². The molecule has 12 aromatic rings. The Morgan fingerprint density at radius 2 is 0.726 bits per heavy atom. The van der Waals surface area contributed by atoms with Crippen LogP contribution in [0.15, 0.2) is 224 Å². The lowest BCUT2D eigenvalue weighted by Gasteiger charge is -2.14. The van der Waals surface area contributed by atoms with E-state index in [1.807, 2.05) is 54.6 Å². The molecular weight excluding hydrogens is 755 g/mol. The number of rotatable bonds is 7. The van der Waals surface area contributed by atoms with Crippen LogP contribution in [0.25, 0.3) is 111 Å². The monoisotopic (exact) mass is 815 g/mol. The van der Waals surface area contributed by atoms with Crippen molar-refractivity contribution in [1.82, 2.24) is 24.1 Å². The standard InChI is InChI=1S/C57H37N5/c1-4-16-38(17-5-1)43-32-34-49-47-24-12-14-26-51(47)61(53(49)36-43)56-58-55(42-30-28-41(29-31-42)46-23-11-10-22-45(46)40-20-8-3-9-21-40)59-57(60-56)62-52-27-15-13-25-48(52)50-35-33-44(37-54(50)62)39-18-6-2-7-19-39/h1-37H/i1D,2D,4D,5D,6D,7D,12D,13D,14D,15D,16D,17D,18D,19D,24D,25D,26D,27D,32D,33D,34D,35D,36D,37D. The van der Waals surface area contributed by atoms with E-state index in [9.17, 15) is 13.7 Å². The SMILES string of the molecule is [2H]c1c([2H])c([2H])c(-c2c([2H])c([2H])c3c4c([2H])c([2H])c([2H])c([2H])c4n(-c4nc(-c5ccc(-c6ccccc6-c6ccccc6)cc5)nc(-n5c6c([2H])c([2H])c([2H])c([2H])c6c6c([2H])c([2H])c(-c7c([2H])c([2H])c([2H])c([2H])c7[2H])c([2H])c65)n4)c3c2[2H])c([2H])c1[2H]. The molecule has 0 amide bonds. The van der Waals surface area contributed by atoms with Gasteiger partial charge < -0.3 is 0 Å². The second-order valence-electron chi connectivity index (χ2n) is 13.8. The van der Waals surface area contributed by atoms with Crippen LogP contribution in [0.3, 0.4) is 0 Å². The van der Waals surface area contributed by atoms with Crippen LogP contribution in [0.2, 0.25) is 0 Å². The van der Waals surface area contributed by atoms with Crippen LogP contribution in [-0.4, -0.2) is 24.1 Å². The smallest absolute Gasteiger partial charge is 0.240 e. The Labute approximate surface area is 392 Å². The molecule has 0 aliphatic heterocycles. The second-order valence-corrected chi connectivity index (χ2v) is 13.8. The lowest BCUT2D eigenvalue weighted by molar-refractivity contribution is 0.893. The largest absolute Gasteiger partial charge is 0.278 e. The molecule has 0 aliphatic rings. The topological polar surface area (TPSA) is 48.5 Å². The van der Waals surface area contributed by atoms with E-state index in [0.29, 0.717) is 5.56 Å². The van der Waals surface area contributed by atoms with Gasteiger partial charge in [-0.1, -0.05) is 200 Å². The van der Waals surface area contributed by atoms with Crippen molar-refractivity contribution in [3.05, 3.63) is 224 Å². The van der Waals surface area contributed by atoms with Gasteiger partial charge in [0.25, 0.3) is 0 Å². The van der Waals surface area contributed by atoms with Crippen molar-refractivity contribution in [1.29, 1.82) is 0 Å². The summed E-state index contributed by atoms with van der Waals surface area (Å²) >= 11 is 0. The molecule has 12 rings (SSSR count). The zero-order valence-corrected chi connectivity index (χ0v) is 31.7. The summed E-state index contributed by atoms with van der Waals surface area (Å²) in [6.07, 6.45) is 0. The first-order chi connectivity index (χ1) is 40.7. The fourth-order valence-corrected chi connectivity index (χ4v) is 7.51. The van der Waals surface area contributed by atoms with E-state index in [1.54, 1.807) is 24.3 Å². The highest BCUT2D eigenvalue weighted by Gasteiger charge is 2.21. The molecule has 0 aliphatic carbocycles. The maximum Gasteiger partial charge on any atom is 0.240 e. The number of aromatic nitrogens is 5. The highest BCUT2D eigenvalue weighted by molar-refractivity contribution is 6.11. The number of nitrogens with zero attached hydrogens (tertiary/aromatic N) is 5. The van der Waals surface area contributed by atoms with E-state index >= 15 is 0 Å². The van der Waals surface area contributed by atoms with Crippen molar-refractivity contribution in [3.63, 3.8) is 0 Å². The van der Waals surface area contributed by atoms with Crippen molar-refractivity contribution in [2.45, 2.75) is 0 Å². The van der Waals surface area contributed by atoms with Crippen molar-refractivity contribution in [2.75, 3.05) is 0 Å². The van der Waals surface area contributed by atoms with E-state index < -0.39 is 223 Å². The van der Waals surface area contributed by atoms with E-state index in [1.165, 1.54) is 0 Å². The molecule has 0 atom stereocenters.